The van der Waals surface area contributed by atoms with E-state index in [2.05, 4.69) is 17.2 Å². The first-order valence-corrected chi connectivity index (χ1v) is 6.69. The third-order valence-electron chi connectivity index (χ3n) is 2.11. The van der Waals surface area contributed by atoms with E-state index in [1.165, 1.54) is 0 Å². The molecule has 0 unspecified atom stereocenters. The molecule has 1 aromatic carbocycles. The predicted octanol–water partition coefficient (Wildman–Crippen LogP) is 1.98. The lowest BCUT2D eigenvalue weighted by Crippen LogP contribution is -2.26. The monoisotopic (exact) mass is 302 g/mol. The summed E-state index contributed by atoms with van der Waals surface area (Å²) in [4.78, 5) is 11.7. The normalized spacial score (nSPS) is 10.6. The lowest BCUT2D eigenvalue weighted by atomic mass is 10.1. The molecule has 0 bridgehead atoms. The molecule has 20 heavy (non-hydrogen) atoms. The summed E-state index contributed by atoms with van der Waals surface area (Å²) in [5.74, 6) is 4.79. The zero-order chi connectivity index (χ0) is 15.0. The van der Waals surface area contributed by atoms with E-state index in [-0.39, 0.29) is 30.6 Å². The van der Waals surface area contributed by atoms with Crippen LogP contribution in [0.25, 0.3) is 0 Å². The maximum absolute atomic E-state index is 11.9. The van der Waals surface area contributed by atoms with E-state index in [0.717, 1.165) is 0 Å². The number of nitrogens with one attached hydrogen (secondary N) is 1. The van der Waals surface area contributed by atoms with E-state index >= 15 is 0 Å². The van der Waals surface area contributed by atoms with Crippen molar-refractivity contribution in [3.8, 4) is 11.8 Å². The zero-order valence-corrected chi connectivity index (χ0v) is 11.3. The number of carbonyl (C=O) groups is 1. The Morgan fingerprint density at radius 2 is 2.15 bits per heavy atom. The molecule has 1 aromatic rings. The maximum Gasteiger partial charge on any atom is 0.441 e. The molecule has 0 aliphatic carbocycles. The summed E-state index contributed by atoms with van der Waals surface area (Å²) in [5.41, 5.74) is 1.95. The second kappa shape index (κ2) is 7.82. The summed E-state index contributed by atoms with van der Waals surface area (Å²) in [6.07, 6.45) is 0. The number of rotatable bonds is 4. The van der Waals surface area contributed by atoms with Crippen molar-refractivity contribution in [2.75, 3.05) is 18.8 Å². The highest BCUT2D eigenvalue weighted by Crippen LogP contribution is 2.29. The smallest absolute Gasteiger partial charge is 0.351 e. The van der Waals surface area contributed by atoms with Crippen molar-refractivity contribution in [3.63, 3.8) is 0 Å². The molecule has 1 amide bonds. The molecule has 0 fully saturated rings. The molecule has 108 valence electrons. The number of halogens is 3. The second-order valence-corrected chi connectivity index (χ2v) is 4.80. The zero-order valence-electron chi connectivity index (χ0n) is 10.5. The number of benzene rings is 1. The average molecular weight is 302 g/mol. The molecular weight excluding hydrogens is 289 g/mol. The number of amides is 1. The largest absolute Gasteiger partial charge is 0.441 e. The van der Waals surface area contributed by atoms with Crippen LogP contribution in [0.5, 0.6) is 0 Å². The summed E-state index contributed by atoms with van der Waals surface area (Å²) in [6, 6.07) is 6.51. The molecule has 7 heteroatoms. The fourth-order valence-electron chi connectivity index (χ4n) is 1.32. The summed E-state index contributed by atoms with van der Waals surface area (Å²) in [5, 5.41) is 2.42. The van der Waals surface area contributed by atoms with Gasteiger partial charge in [0.05, 0.1) is 6.54 Å². The number of nitrogens with two attached hydrogens (primary N) is 1. The number of alkyl halides is 3. The van der Waals surface area contributed by atoms with Crippen molar-refractivity contribution in [3.05, 3.63) is 35.4 Å². The molecular formula is C13H13F3N2OS. The summed E-state index contributed by atoms with van der Waals surface area (Å²) >= 11 is -0.166. The van der Waals surface area contributed by atoms with E-state index in [9.17, 15) is 18.0 Å². The molecule has 0 spiro atoms. The quantitative estimate of drug-likeness (QED) is 0.660. The van der Waals surface area contributed by atoms with Gasteiger partial charge in [-0.1, -0.05) is 17.9 Å². The average Bonchev–Trinajstić information content (AvgIpc) is 2.40. The van der Waals surface area contributed by atoms with Crippen LogP contribution in [0.3, 0.4) is 0 Å². The molecule has 1 rings (SSSR count). The topological polar surface area (TPSA) is 55.1 Å². The lowest BCUT2D eigenvalue weighted by Gasteiger charge is -2.07. The Hall–Kier alpha value is -1.65. The van der Waals surface area contributed by atoms with Gasteiger partial charge in [0.25, 0.3) is 5.91 Å². The van der Waals surface area contributed by atoms with Gasteiger partial charge >= 0.3 is 5.51 Å². The first kappa shape index (κ1) is 16.4. The molecule has 0 heterocycles. The Bertz CT molecular complexity index is 520. The fraction of sp³-hybridized carbons (Fsp3) is 0.308. The molecule has 0 saturated heterocycles. The molecule has 0 aliphatic rings. The Kier molecular flexibility index (Phi) is 6.42. The SMILES string of the molecule is NCC#Cc1cccc(C(=O)NCCSC(F)(F)F)c1. The summed E-state index contributed by atoms with van der Waals surface area (Å²) in [6.45, 7) is 0.160. The van der Waals surface area contributed by atoms with Crippen LogP contribution in [0.1, 0.15) is 15.9 Å². The van der Waals surface area contributed by atoms with Gasteiger partial charge in [-0.25, -0.2) is 0 Å². The molecule has 3 nitrogen and oxygen atoms in total. The fourth-order valence-corrected chi connectivity index (χ4v) is 1.76. The van der Waals surface area contributed by atoms with Crippen molar-refractivity contribution in [1.29, 1.82) is 0 Å². The summed E-state index contributed by atoms with van der Waals surface area (Å²) in [7, 11) is 0. The van der Waals surface area contributed by atoms with Crippen LogP contribution in [-0.2, 0) is 0 Å². The first-order chi connectivity index (χ1) is 9.42. The van der Waals surface area contributed by atoms with Gasteiger partial charge in [-0.15, -0.1) is 0 Å². The molecule has 0 atom stereocenters. The molecule has 0 aliphatic heterocycles. The highest BCUT2D eigenvalue weighted by atomic mass is 32.2. The lowest BCUT2D eigenvalue weighted by molar-refractivity contribution is -0.0327. The standard InChI is InChI=1S/C13H13F3N2OS/c14-13(15,16)20-8-7-18-12(19)11-5-1-3-10(9-11)4-2-6-17/h1,3,5,9H,6-8,17H2,(H,18,19). The van der Waals surface area contributed by atoms with E-state index in [1.807, 2.05) is 0 Å². The van der Waals surface area contributed by atoms with Crippen LogP contribution in [0.4, 0.5) is 13.2 Å². The highest BCUT2D eigenvalue weighted by molar-refractivity contribution is 8.00. The van der Waals surface area contributed by atoms with Gasteiger partial charge in [0.2, 0.25) is 0 Å². The van der Waals surface area contributed by atoms with Gasteiger partial charge in [0, 0.05) is 23.4 Å². The van der Waals surface area contributed by atoms with Crippen LogP contribution < -0.4 is 11.1 Å². The molecule has 3 N–H and O–H groups in total. The molecule has 0 radical (unpaired) electrons. The number of thioether (sulfide) groups is 1. The van der Waals surface area contributed by atoms with Crippen LogP contribution in [0.2, 0.25) is 0 Å². The van der Waals surface area contributed by atoms with Gasteiger partial charge in [-0.05, 0) is 30.0 Å². The Morgan fingerprint density at radius 3 is 2.80 bits per heavy atom. The Morgan fingerprint density at radius 1 is 1.40 bits per heavy atom. The van der Waals surface area contributed by atoms with Crippen molar-refractivity contribution in [2.45, 2.75) is 5.51 Å². The van der Waals surface area contributed by atoms with E-state index in [4.69, 9.17) is 5.73 Å². The number of carbonyl (C=O) groups excluding carboxylic acids is 1. The minimum Gasteiger partial charge on any atom is -0.351 e. The molecule has 0 aromatic heterocycles. The van der Waals surface area contributed by atoms with Crippen molar-refractivity contribution in [1.82, 2.24) is 5.32 Å². The van der Waals surface area contributed by atoms with Gasteiger partial charge < -0.3 is 11.1 Å². The second-order valence-electron chi connectivity index (χ2n) is 3.64. The van der Waals surface area contributed by atoms with Gasteiger partial charge in [-0.2, -0.15) is 13.2 Å². The van der Waals surface area contributed by atoms with Gasteiger partial charge in [-0.3, -0.25) is 4.79 Å². The number of hydrogen-bond acceptors (Lipinski definition) is 3. The third kappa shape index (κ3) is 6.50. The number of hydrogen-bond donors (Lipinski definition) is 2. The van der Waals surface area contributed by atoms with Crippen LogP contribution in [-0.4, -0.2) is 30.3 Å². The third-order valence-corrected chi connectivity index (χ3v) is 2.85. The predicted molar refractivity (Wildman–Crippen MR) is 73.2 cm³/mol. The van der Waals surface area contributed by atoms with Crippen molar-refractivity contribution < 1.29 is 18.0 Å². The van der Waals surface area contributed by atoms with Crippen molar-refractivity contribution >= 4 is 17.7 Å². The van der Waals surface area contributed by atoms with Crippen LogP contribution in [0, 0.1) is 11.8 Å². The van der Waals surface area contributed by atoms with E-state index in [0.29, 0.717) is 11.1 Å². The minimum atomic E-state index is -4.28. The van der Waals surface area contributed by atoms with E-state index < -0.39 is 11.4 Å². The Balaban J connectivity index is 2.51. The van der Waals surface area contributed by atoms with Crippen LogP contribution >= 0.6 is 11.8 Å². The minimum absolute atomic E-state index is 0.0539. The van der Waals surface area contributed by atoms with Crippen LogP contribution in [0.15, 0.2) is 24.3 Å². The molecule has 0 saturated carbocycles. The van der Waals surface area contributed by atoms with Crippen molar-refractivity contribution in [2.24, 2.45) is 5.73 Å². The van der Waals surface area contributed by atoms with Gasteiger partial charge in [0.1, 0.15) is 0 Å². The first-order valence-electron chi connectivity index (χ1n) is 5.70. The Labute approximate surface area is 119 Å². The highest BCUT2D eigenvalue weighted by Gasteiger charge is 2.27. The van der Waals surface area contributed by atoms with Gasteiger partial charge in [0.15, 0.2) is 0 Å². The van der Waals surface area contributed by atoms with E-state index in [1.54, 1.807) is 24.3 Å². The maximum atomic E-state index is 11.9. The summed E-state index contributed by atoms with van der Waals surface area (Å²) < 4.78 is 35.7.